The smallest absolute Gasteiger partial charge is 0.256 e. The fraction of sp³-hybridized carbons (Fsp3) is 0. The number of carbonyl (C=O) groups excluding carboxylic acids is 1. The maximum atomic E-state index is 12.9. The van der Waals surface area contributed by atoms with Crippen LogP contribution in [0.15, 0.2) is 35.2 Å². The number of hydrogen-bond acceptors (Lipinski definition) is 3. The van der Waals surface area contributed by atoms with Crippen LogP contribution in [0.4, 0.5) is 14.6 Å². The second-order valence-corrected chi connectivity index (χ2v) is 4.12. The molecule has 0 radical (unpaired) electrons. The predicted octanol–water partition coefficient (Wildman–Crippen LogP) is 2.77. The monoisotopic (exact) mass is 313 g/mol. The third-order valence-corrected chi connectivity index (χ3v) is 2.45. The third-order valence-electron chi connectivity index (χ3n) is 2.04. The van der Waals surface area contributed by atoms with E-state index < -0.39 is 17.5 Å². The summed E-state index contributed by atoms with van der Waals surface area (Å²) in [4.78, 5) is 19.4. The first-order valence-corrected chi connectivity index (χ1v) is 5.59. The molecule has 0 fully saturated rings. The van der Waals surface area contributed by atoms with Crippen LogP contribution in [0.2, 0.25) is 0 Å². The van der Waals surface area contributed by atoms with Crippen LogP contribution < -0.4 is 5.32 Å². The summed E-state index contributed by atoms with van der Waals surface area (Å²) < 4.78 is 26.2. The summed E-state index contributed by atoms with van der Waals surface area (Å²) in [5.41, 5.74) is -0.00128. The second-order valence-electron chi connectivity index (χ2n) is 3.31. The largest absolute Gasteiger partial charge is 0.305 e. The van der Waals surface area contributed by atoms with Gasteiger partial charge in [-0.1, -0.05) is 0 Å². The number of aromatic nitrogens is 2. The van der Waals surface area contributed by atoms with E-state index >= 15 is 0 Å². The summed E-state index contributed by atoms with van der Waals surface area (Å²) >= 11 is 3.10. The van der Waals surface area contributed by atoms with Crippen molar-refractivity contribution in [1.29, 1.82) is 0 Å². The Bertz CT molecular complexity index is 589. The van der Waals surface area contributed by atoms with Crippen molar-refractivity contribution in [3.8, 4) is 0 Å². The molecule has 18 heavy (non-hydrogen) atoms. The Morgan fingerprint density at radius 3 is 2.56 bits per heavy atom. The Labute approximate surface area is 109 Å². The molecule has 0 unspecified atom stereocenters. The zero-order valence-electron chi connectivity index (χ0n) is 8.82. The Morgan fingerprint density at radius 1 is 1.17 bits per heavy atom. The van der Waals surface area contributed by atoms with Gasteiger partial charge < -0.3 is 5.32 Å². The molecule has 0 saturated heterocycles. The number of anilines is 1. The zero-order valence-corrected chi connectivity index (χ0v) is 10.4. The molecule has 0 aliphatic carbocycles. The van der Waals surface area contributed by atoms with Crippen LogP contribution in [0.25, 0.3) is 0 Å². The van der Waals surface area contributed by atoms with E-state index in [2.05, 4.69) is 31.2 Å². The van der Waals surface area contributed by atoms with Crippen molar-refractivity contribution in [3.05, 3.63) is 52.4 Å². The standard InChI is InChI=1S/C11H6BrF2N3O/c12-9-4-16-10(5-15-9)17-11(18)6-1-2-7(13)8(14)3-6/h1-5H,(H,16,17,18). The summed E-state index contributed by atoms with van der Waals surface area (Å²) in [6, 6.07) is 2.88. The molecule has 1 N–H and O–H groups in total. The molecule has 7 heteroatoms. The Balaban J connectivity index is 2.16. The number of nitrogens with zero attached hydrogens (tertiary/aromatic N) is 2. The maximum Gasteiger partial charge on any atom is 0.256 e. The third kappa shape index (κ3) is 2.86. The lowest BCUT2D eigenvalue weighted by Crippen LogP contribution is -2.13. The fourth-order valence-electron chi connectivity index (χ4n) is 1.20. The minimum absolute atomic E-state index is 0.00128. The molecule has 2 aromatic rings. The molecule has 0 saturated carbocycles. The highest BCUT2D eigenvalue weighted by Crippen LogP contribution is 2.11. The molecule has 0 spiro atoms. The van der Waals surface area contributed by atoms with Crippen molar-refractivity contribution in [2.75, 3.05) is 5.32 Å². The van der Waals surface area contributed by atoms with Gasteiger partial charge in [-0.2, -0.15) is 0 Å². The van der Waals surface area contributed by atoms with Crippen molar-refractivity contribution >= 4 is 27.7 Å². The van der Waals surface area contributed by atoms with Crippen LogP contribution in [0.3, 0.4) is 0 Å². The molecule has 0 bridgehead atoms. The second kappa shape index (κ2) is 5.18. The zero-order chi connectivity index (χ0) is 13.1. The molecule has 1 aromatic carbocycles. The number of carbonyl (C=O) groups is 1. The van der Waals surface area contributed by atoms with E-state index in [9.17, 15) is 13.6 Å². The highest BCUT2D eigenvalue weighted by molar-refractivity contribution is 9.10. The molecular formula is C11H6BrF2N3O. The predicted molar refractivity (Wildman–Crippen MR) is 64.0 cm³/mol. The molecule has 1 aromatic heterocycles. The van der Waals surface area contributed by atoms with E-state index in [1.165, 1.54) is 18.5 Å². The van der Waals surface area contributed by atoms with Gasteiger partial charge in [0, 0.05) is 5.56 Å². The van der Waals surface area contributed by atoms with Gasteiger partial charge in [0.15, 0.2) is 17.5 Å². The fourth-order valence-corrected chi connectivity index (χ4v) is 1.41. The van der Waals surface area contributed by atoms with Gasteiger partial charge >= 0.3 is 0 Å². The van der Waals surface area contributed by atoms with Crippen LogP contribution in [-0.4, -0.2) is 15.9 Å². The molecule has 1 heterocycles. The van der Waals surface area contributed by atoms with Crippen molar-refractivity contribution in [1.82, 2.24) is 9.97 Å². The van der Waals surface area contributed by atoms with Crippen molar-refractivity contribution in [2.24, 2.45) is 0 Å². The van der Waals surface area contributed by atoms with E-state index in [-0.39, 0.29) is 11.4 Å². The summed E-state index contributed by atoms with van der Waals surface area (Å²) in [5.74, 6) is -2.46. The summed E-state index contributed by atoms with van der Waals surface area (Å²) in [6.45, 7) is 0. The van der Waals surface area contributed by atoms with Gasteiger partial charge in [-0.3, -0.25) is 4.79 Å². The van der Waals surface area contributed by atoms with Crippen molar-refractivity contribution < 1.29 is 13.6 Å². The first-order valence-electron chi connectivity index (χ1n) is 4.80. The number of nitrogens with one attached hydrogen (secondary N) is 1. The molecule has 92 valence electrons. The molecular weight excluding hydrogens is 308 g/mol. The SMILES string of the molecule is O=C(Nc1cnc(Br)cn1)c1ccc(F)c(F)c1. The lowest BCUT2D eigenvalue weighted by atomic mass is 10.2. The first-order chi connectivity index (χ1) is 8.56. The van der Waals surface area contributed by atoms with E-state index in [0.29, 0.717) is 4.60 Å². The van der Waals surface area contributed by atoms with Gasteiger partial charge in [-0.15, -0.1) is 0 Å². The average Bonchev–Trinajstić information content (AvgIpc) is 2.35. The highest BCUT2D eigenvalue weighted by atomic mass is 79.9. The van der Waals surface area contributed by atoms with Crippen molar-refractivity contribution in [2.45, 2.75) is 0 Å². The van der Waals surface area contributed by atoms with Gasteiger partial charge in [-0.25, -0.2) is 18.7 Å². The number of benzene rings is 1. The molecule has 1 amide bonds. The lowest BCUT2D eigenvalue weighted by molar-refractivity contribution is 0.102. The molecule has 0 aliphatic rings. The quantitative estimate of drug-likeness (QED) is 0.927. The minimum atomic E-state index is -1.08. The van der Waals surface area contributed by atoms with Crippen LogP contribution >= 0.6 is 15.9 Å². The minimum Gasteiger partial charge on any atom is -0.305 e. The number of rotatable bonds is 2. The van der Waals surface area contributed by atoms with Crippen LogP contribution in [0, 0.1) is 11.6 Å². The molecule has 2 rings (SSSR count). The molecule has 0 aliphatic heterocycles. The average molecular weight is 314 g/mol. The Hall–Kier alpha value is -1.89. The first kappa shape index (κ1) is 12.6. The number of hydrogen-bond donors (Lipinski definition) is 1. The number of amides is 1. The summed E-state index contributed by atoms with van der Waals surface area (Å²) in [5, 5.41) is 2.41. The molecule has 0 atom stereocenters. The maximum absolute atomic E-state index is 12.9. The topological polar surface area (TPSA) is 54.9 Å². The van der Waals surface area contributed by atoms with Gasteiger partial charge in [-0.05, 0) is 34.1 Å². The van der Waals surface area contributed by atoms with Gasteiger partial charge in [0.05, 0.1) is 12.4 Å². The van der Waals surface area contributed by atoms with Crippen LogP contribution in [0.5, 0.6) is 0 Å². The van der Waals surface area contributed by atoms with E-state index in [4.69, 9.17) is 0 Å². The van der Waals surface area contributed by atoms with Gasteiger partial charge in [0.1, 0.15) is 4.60 Å². The van der Waals surface area contributed by atoms with E-state index in [1.54, 1.807) is 0 Å². The van der Waals surface area contributed by atoms with E-state index in [0.717, 1.165) is 12.1 Å². The Kier molecular flexibility index (Phi) is 3.61. The lowest BCUT2D eigenvalue weighted by Gasteiger charge is -2.04. The summed E-state index contributed by atoms with van der Waals surface area (Å²) in [7, 11) is 0. The highest BCUT2D eigenvalue weighted by Gasteiger charge is 2.10. The van der Waals surface area contributed by atoms with Crippen LogP contribution in [-0.2, 0) is 0 Å². The van der Waals surface area contributed by atoms with Gasteiger partial charge in [0.2, 0.25) is 0 Å². The van der Waals surface area contributed by atoms with E-state index in [1.807, 2.05) is 0 Å². The van der Waals surface area contributed by atoms with Crippen molar-refractivity contribution in [3.63, 3.8) is 0 Å². The molecule has 4 nitrogen and oxygen atoms in total. The van der Waals surface area contributed by atoms with Gasteiger partial charge in [0.25, 0.3) is 5.91 Å². The normalized spacial score (nSPS) is 10.2. The van der Waals surface area contributed by atoms with Crippen LogP contribution in [0.1, 0.15) is 10.4 Å². The summed E-state index contributed by atoms with van der Waals surface area (Å²) in [6.07, 6.45) is 2.74. The Morgan fingerprint density at radius 2 is 1.94 bits per heavy atom. The number of halogens is 3.